The zero-order valence-electron chi connectivity index (χ0n) is 17.2. The molecule has 4 unspecified atom stereocenters. The third-order valence-electron chi connectivity index (χ3n) is 9.66. The molecule has 156 valence electrons. The molecule has 6 aliphatic rings. The van der Waals surface area contributed by atoms with Crippen molar-refractivity contribution in [2.45, 2.75) is 76.5 Å². The molecule has 4 aliphatic carbocycles. The maximum atomic E-state index is 11.5. The van der Waals surface area contributed by atoms with Crippen molar-refractivity contribution in [3.8, 4) is 0 Å². The second kappa shape index (κ2) is 5.82. The number of hydrogen-bond acceptors (Lipinski definition) is 5. The van der Waals surface area contributed by atoms with E-state index in [2.05, 4.69) is 19.9 Å². The molecule has 2 heterocycles. The molecule has 0 aromatic rings. The van der Waals surface area contributed by atoms with Gasteiger partial charge in [0, 0.05) is 24.7 Å². The molecular formula is C23H34O5. The van der Waals surface area contributed by atoms with Crippen LogP contribution < -0.4 is 0 Å². The predicted molar refractivity (Wildman–Crippen MR) is 102 cm³/mol. The average Bonchev–Trinajstić information content (AvgIpc) is 3.38. The van der Waals surface area contributed by atoms with Crippen molar-refractivity contribution in [2.75, 3.05) is 26.4 Å². The third kappa shape index (κ3) is 2.15. The molecule has 1 N–H and O–H groups in total. The van der Waals surface area contributed by atoms with Crippen molar-refractivity contribution in [3.05, 3.63) is 11.6 Å². The summed E-state index contributed by atoms with van der Waals surface area (Å²) in [6.45, 7) is 7.53. The smallest absolute Gasteiger partial charge is 0.174 e. The zero-order valence-corrected chi connectivity index (χ0v) is 17.2. The molecule has 0 bridgehead atoms. The average molecular weight is 391 g/mol. The Morgan fingerprint density at radius 1 is 0.964 bits per heavy atom. The van der Waals surface area contributed by atoms with Crippen LogP contribution in [0.15, 0.2) is 11.6 Å². The van der Waals surface area contributed by atoms with Crippen LogP contribution in [0.3, 0.4) is 0 Å². The highest BCUT2D eigenvalue weighted by molar-refractivity contribution is 5.28. The van der Waals surface area contributed by atoms with E-state index in [1.807, 2.05) is 0 Å². The van der Waals surface area contributed by atoms with E-state index >= 15 is 0 Å². The van der Waals surface area contributed by atoms with Crippen LogP contribution in [0.5, 0.6) is 0 Å². The summed E-state index contributed by atoms with van der Waals surface area (Å²) in [7, 11) is 0. The number of hydrogen-bond donors (Lipinski definition) is 1. The summed E-state index contributed by atoms with van der Waals surface area (Å²) in [5.74, 6) is 0.532. The van der Waals surface area contributed by atoms with Gasteiger partial charge in [-0.1, -0.05) is 25.5 Å². The molecule has 0 aromatic heterocycles. The van der Waals surface area contributed by atoms with E-state index < -0.39 is 11.6 Å². The maximum absolute atomic E-state index is 11.5. The van der Waals surface area contributed by atoms with Gasteiger partial charge in [0.05, 0.1) is 32.5 Å². The summed E-state index contributed by atoms with van der Waals surface area (Å²) >= 11 is 0. The van der Waals surface area contributed by atoms with E-state index in [1.54, 1.807) is 0 Å². The van der Waals surface area contributed by atoms with Crippen molar-refractivity contribution < 1.29 is 24.1 Å². The number of fused-ring (bicyclic) bond motifs is 6. The molecule has 5 nitrogen and oxygen atoms in total. The number of ether oxygens (including phenoxy) is 4. The van der Waals surface area contributed by atoms with Crippen LogP contribution >= 0.6 is 0 Å². The van der Waals surface area contributed by atoms with Gasteiger partial charge in [-0.05, 0) is 48.9 Å². The van der Waals surface area contributed by atoms with Crippen LogP contribution in [-0.2, 0) is 18.9 Å². The van der Waals surface area contributed by atoms with Gasteiger partial charge in [0.25, 0.3) is 0 Å². The quantitative estimate of drug-likeness (QED) is 0.643. The largest absolute Gasteiger partial charge is 0.393 e. The zero-order chi connectivity index (χ0) is 19.2. The number of allylic oxidation sites excluding steroid dienone is 1. The van der Waals surface area contributed by atoms with Gasteiger partial charge in [-0.2, -0.15) is 0 Å². The highest BCUT2D eigenvalue weighted by atomic mass is 16.7. The van der Waals surface area contributed by atoms with Crippen molar-refractivity contribution in [2.24, 2.45) is 28.6 Å². The van der Waals surface area contributed by atoms with Gasteiger partial charge in [0.2, 0.25) is 0 Å². The lowest BCUT2D eigenvalue weighted by molar-refractivity contribution is -0.258. The van der Waals surface area contributed by atoms with Crippen molar-refractivity contribution in [3.63, 3.8) is 0 Å². The Balaban J connectivity index is 1.35. The molecule has 2 aliphatic heterocycles. The summed E-state index contributed by atoms with van der Waals surface area (Å²) in [5, 5.41) is 11.5. The SMILES string of the molecule is C[C@]12CCC3(CC1=CCC1C2C(O)C[C@@]2(C)C1CCC21OCCO1)OCCO3. The fourth-order valence-corrected chi connectivity index (χ4v) is 8.36. The Hall–Kier alpha value is -0.460. The van der Waals surface area contributed by atoms with Crippen LogP contribution in [0.25, 0.3) is 0 Å². The van der Waals surface area contributed by atoms with Gasteiger partial charge in [0.15, 0.2) is 11.6 Å². The highest BCUT2D eigenvalue weighted by Gasteiger charge is 2.69. The summed E-state index contributed by atoms with van der Waals surface area (Å²) in [5.41, 5.74) is 1.43. The minimum atomic E-state index is -0.462. The van der Waals surface area contributed by atoms with E-state index in [1.165, 1.54) is 5.57 Å². The Labute approximate surface area is 167 Å². The molecule has 2 spiro atoms. The monoisotopic (exact) mass is 390 g/mol. The summed E-state index contributed by atoms with van der Waals surface area (Å²) < 4.78 is 24.5. The van der Waals surface area contributed by atoms with Gasteiger partial charge in [0.1, 0.15) is 0 Å². The highest BCUT2D eigenvalue weighted by Crippen LogP contribution is 2.69. The van der Waals surface area contributed by atoms with E-state index in [-0.39, 0.29) is 16.9 Å². The fourth-order valence-electron chi connectivity index (χ4n) is 8.36. The minimum absolute atomic E-state index is 0.0529. The van der Waals surface area contributed by atoms with Crippen molar-refractivity contribution in [1.82, 2.24) is 0 Å². The molecule has 0 radical (unpaired) electrons. The Kier molecular flexibility index (Phi) is 3.81. The lowest BCUT2D eigenvalue weighted by atomic mass is 9.46. The van der Waals surface area contributed by atoms with Gasteiger partial charge in [-0.15, -0.1) is 0 Å². The normalized spacial score (nSPS) is 51.0. The molecule has 5 heteroatoms. The van der Waals surface area contributed by atoms with Gasteiger partial charge in [-0.3, -0.25) is 0 Å². The second-order valence-electron chi connectivity index (χ2n) is 10.6. The minimum Gasteiger partial charge on any atom is -0.393 e. The Morgan fingerprint density at radius 3 is 2.43 bits per heavy atom. The van der Waals surface area contributed by atoms with Crippen LogP contribution in [0.1, 0.15) is 58.8 Å². The molecule has 3 saturated carbocycles. The standard InChI is InChI=1S/C23H34O5/c1-20-7-8-22(25-9-10-26-22)13-15(20)3-4-16-17-5-6-23(27-11-12-28-23)21(17,2)14-18(24)19(16)20/h3,16-19,24H,4-14H2,1-2H3/t16?,17?,18?,19?,20-,21-/m0/s1. The van der Waals surface area contributed by atoms with Crippen LogP contribution in [0.2, 0.25) is 0 Å². The fraction of sp³-hybridized carbons (Fsp3) is 0.913. The Morgan fingerprint density at radius 2 is 1.68 bits per heavy atom. The molecule has 6 atom stereocenters. The lowest BCUT2D eigenvalue weighted by Gasteiger charge is -2.61. The van der Waals surface area contributed by atoms with Crippen LogP contribution in [0.4, 0.5) is 0 Å². The second-order valence-corrected chi connectivity index (χ2v) is 10.6. The summed E-state index contributed by atoms with van der Waals surface area (Å²) in [4.78, 5) is 0. The first-order valence-corrected chi connectivity index (χ1v) is 11.3. The summed E-state index contributed by atoms with van der Waals surface area (Å²) in [6, 6.07) is 0. The third-order valence-corrected chi connectivity index (χ3v) is 9.66. The summed E-state index contributed by atoms with van der Waals surface area (Å²) in [6.07, 6.45) is 9.00. The topological polar surface area (TPSA) is 57.2 Å². The van der Waals surface area contributed by atoms with Crippen LogP contribution in [0, 0.1) is 28.6 Å². The molecule has 5 fully saturated rings. The van der Waals surface area contributed by atoms with Crippen molar-refractivity contribution in [1.29, 1.82) is 0 Å². The predicted octanol–water partition coefficient (Wildman–Crippen LogP) is 3.41. The van der Waals surface area contributed by atoms with E-state index in [9.17, 15) is 5.11 Å². The van der Waals surface area contributed by atoms with Gasteiger partial charge in [-0.25, -0.2) is 0 Å². The molecule has 28 heavy (non-hydrogen) atoms. The molecule has 0 amide bonds. The van der Waals surface area contributed by atoms with Gasteiger partial charge >= 0.3 is 0 Å². The lowest BCUT2D eigenvalue weighted by Crippen LogP contribution is -2.60. The first kappa shape index (κ1) is 18.3. The number of aliphatic hydroxyl groups is 1. The molecule has 6 rings (SSSR count). The van der Waals surface area contributed by atoms with Gasteiger partial charge < -0.3 is 24.1 Å². The first-order valence-electron chi connectivity index (χ1n) is 11.3. The number of aliphatic hydroxyl groups excluding tert-OH is 1. The first-order chi connectivity index (χ1) is 13.4. The van der Waals surface area contributed by atoms with Crippen LogP contribution in [-0.4, -0.2) is 49.2 Å². The van der Waals surface area contributed by atoms with E-state index in [4.69, 9.17) is 18.9 Å². The molecule has 0 aromatic carbocycles. The van der Waals surface area contributed by atoms with Crippen molar-refractivity contribution >= 4 is 0 Å². The Bertz CT molecular complexity index is 691. The maximum Gasteiger partial charge on any atom is 0.174 e. The van der Waals surface area contributed by atoms with E-state index in [0.29, 0.717) is 44.2 Å². The number of rotatable bonds is 0. The molecule has 2 saturated heterocycles. The molecular weight excluding hydrogens is 356 g/mol. The van der Waals surface area contributed by atoms with E-state index in [0.717, 1.165) is 44.9 Å².